The van der Waals surface area contributed by atoms with Crippen LogP contribution in [0.4, 0.5) is 0 Å². The van der Waals surface area contributed by atoms with Crippen molar-refractivity contribution in [3.05, 3.63) is 55.1 Å². The number of alkyl halides is 1. The van der Waals surface area contributed by atoms with E-state index in [1.807, 2.05) is 6.07 Å². The predicted octanol–water partition coefficient (Wildman–Crippen LogP) is 5.76. The van der Waals surface area contributed by atoms with Crippen LogP contribution in [-0.4, -0.2) is 0 Å². The van der Waals surface area contributed by atoms with Crippen molar-refractivity contribution in [3.8, 4) is 0 Å². The van der Waals surface area contributed by atoms with E-state index in [1.54, 1.807) is 11.3 Å². The van der Waals surface area contributed by atoms with E-state index in [1.165, 1.54) is 10.4 Å². The second-order valence-corrected chi connectivity index (χ2v) is 6.81. The number of rotatable bonds is 2. The second-order valence-electron chi connectivity index (χ2n) is 3.08. The summed E-state index contributed by atoms with van der Waals surface area (Å²) in [4.78, 5) is 1.59. The van der Waals surface area contributed by atoms with Crippen LogP contribution in [0.3, 0.4) is 0 Å². The van der Waals surface area contributed by atoms with Gasteiger partial charge in [-0.05, 0) is 35.2 Å². The third-order valence-electron chi connectivity index (χ3n) is 1.97. The summed E-state index contributed by atoms with van der Waals surface area (Å²) in [5, 5.41) is 2.09. The van der Waals surface area contributed by atoms with Gasteiger partial charge in [-0.2, -0.15) is 0 Å². The summed E-state index contributed by atoms with van der Waals surface area (Å²) in [6, 6.07) is 10.5. The molecular formula is C11H7Br3S. The maximum absolute atomic E-state index is 3.71. The molecule has 4 heteroatoms. The molecule has 1 heterocycles. The van der Waals surface area contributed by atoms with Crippen LogP contribution in [-0.2, 0) is 0 Å². The van der Waals surface area contributed by atoms with Crippen molar-refractivity contribution in [3.63, 3.8) is 0 Å². The van der Waals surface area contributed by atoms with Crippen LogP contribution in [0, 0.1) is 0 Å². The van der Waals surface area contributed by atoms with E-state index >= 15 is 0 Å². The Labute approximate surface area is 118 Å². The zero-order chi connectivity index (χ0) is 10.8. The molecule has 2 aromatic rings. The highest BCUT2D eigenvalue weighted by Crippen LogP contribution is 2.36. The first-order chi connectivity index (χ1) is 7.16. The number of halogens is 3. The average molecular weight is 411 g/mol. The van der Waals surface area contributed by atoms with Crippen molar-refractivity contribution in [1.82, 2.24) is 0 Å². The maximum atomic E-state index is 3.71. The van der Waals surface area contributed by atoms with E-state index in [9.17, 15) is 0 Å². The fraction of sp³-hybridized carbons (Fsp3) is 0.0909. The molecule has 0 radical (unpaired) electrons. The lowest BCUT2D eigenvalue weighted by atomic mass is 10.1. The average Bonchev–Trinajstić information content (AvgIpc) is 2.67. The molecule has 1 atom stereocenters. The highest BCUT2D eigenvalue weighted by atomic mass is 79.9. The van der Waals surface area contributed by atoms with Gasteiger partial charge in [0.2, 0.25) is 0 Å². The van der Waals surface area contributed by atoms with Crippen LogP contribution in [0.5, 0.6) is 0 Å². The Balaban J connectivity index is 2.37. The lowest BCUT2D eigenvalue weighted by molar-refractivity contribution is 1.21. The Hall–Kier alpha value is 0.360. The van der Waals surface area contributed by atoms with Crippen molar-refractivity contribution < 1.29 is 0 Å². The van der Waals surface area contributed by atoms with Crippen LogP contribution < -0.4 is 0 Å². The van der Waals surface area contributed by atoms with E-state index in [0.29, 0.717) is 0 Å². The molecule has 2 rings (SSSR count). The lowest BCUT2D eigenvalue weighted by Gasteiger charge is -2.09. The third-order valence-corrected chi connectivity index (χ3v) is 5.15. The SMILES string of the molecule is Brc1cc(Br)cc(C(Br)c2cccs2)c1. The fourth-order valence-electron chi connectivity index (χ4n) is 1.32. The van der Waals surface area contributed by atoms with Gasteiger partial charge in [-0.15, -0.1) is 11.3 Å². The quantitative estimate of drug-likeness (QED) is 0.552. The molecule has 0 saturated heterocycles. The van der Waals surface area contributed by atoms with Gasteiger partial charge < -0.3 is 0 Å². The first-order valence-corrected chi connectivity index (χ1v) is 7.68. The van der Waals surface area contributed by atoms with Gasteiger partial charge in [-0.25, -0.2) is 0 Å². The molecule has 0 amide bonds. The molecule has 1 unspecified atom stereocenters. The standard InChI is InChI=1S/C11H7Br3S/c12-8-4-7(5-9(13)6-8)11(14)10-2-1-3-15-10/h1-6,11H. The van der Waals surface area contributed by atoms with E-state index in [4.69, 9.17) is 0 Å². The minimum Gasteiger partial charge on any atom is -0.147 e. The number of benzene rings is 1. The lowest BCUT2D eigenvalue weighted by Crippen LogP contribution is -1.89. The van der Waals surface area contributed by atoms with Crippen molar-refractivity contribution in [2.24, 2.45) is 0 Å². The monoisotopic (exact) mass is 408 g/mol. The molecule has 0 saturated carbocycles. The second kappa shape index (κ2) is 5.13. The summed E-state index contributed by atoms with van der Waals surface area (Å²) in [7, 11) is 0. The fourth-order valence-corrected chi connectivity index (χ4v) is 4.12. The van der Waals surface area contributed by atoms with Crippen LogP contribution in [0.15, 0.2) is 44.7 Å². The normalized spacial score (nSPS) is 12.7. The molecule has 0 spiro atoms. The molecule has 1 aromatic heterocycles. The van der Waals surface area contributed by atoms with Gasteiger partial charge in [0.05, 0.1) is 4.83 Å². The Kier molecular flexibility index (Phi) is 4.04. The molecule has 0 N–H and O–H groups in total. The van der Waals surface area contributed by atoms with Gasteiger partial charge in [-0.1, -0.05) is 53.9 Å². The van der Waals surface area contributed by atoms with Gasteiger partial charge in [-0.3, -0.25) is 0 Å². The highest BCUT2D eigenvalue weighted by molar-refractivity contribution is 9.11. The molecule has 0 nitrogen and oxygen atoms in total. The molecule has 0 bridgehead atoms. The Bertz CT molecular complexity index is 431. The Morgan fingerprint density at radius 3 is 2.27 bits per heavy atom. The van der Waals surface area contributed by atoms with Crippen molar-refractivity contribution >= 4 is 59.1 Å². The van der Waals surface area contributed by atoms with E-state index in [2.05, 4.69) is 77.4 Å². The first kappa shape index (κ1) is 11.8. The van der Waals surface area contributed by atoms with Crippen molar-refractivity contribution in [2.75, 3.05) is 0 Å². The molecule has 0 aliphatic carbocycles. The Morgan fingerprint density at radius 1 is 1.07 bits per heavy atom. The van der Waals surface area contributed by atoms with Crippen LogP contribution in [0.25, 0.3) is 0 Å². The molecule has 15 heavy (non-hydrogen) atoms. The van der Waals surface area contributed by atoms with Crippen LogP contribution >= 0.6 is 59.1 Å². The molecule has 78 valence electrons. The van der Waals surface area contributed by atoms with Crippen LogP contribution in [0.1, 0.15) is 15.3 Å². The molecular weight excluding hydrogens is 404 g/mol. The summed E-state index contributed by atoms with van der Waals surface area (Å²) in [6.45, 7) is 0. The van der Waals surface area contributed by atoms with Crippen LogP contribution in [0.2, 0.25) is 0 Å². The van der Waals surface area contributed by atoms with Gasteiger partial charge >= 0.3 is 0 Å². The first-order valence-electron chi connectivity index (χ1n) is 4.30. The molecule has 0 fully saturated rings. The summed E-state index contributed by atoms with van der Waals surface area (Å²) < 4.78 is 2.18. The summed E-state index contributed by atoms with van der Waals surface area (Å²) in [6.07, 6.45) is 0. The summed E-state index contributed by atoms with van der Waals surface area (Å²) in [5.41, 5.74) is 1.25. The minimum atomic E-state index is 0.270. The smallest absolute Gasteiger partial charge is 0.0738 e. The molecule has 0 aliphatic rings. The number of thiophene rings is 1. The van der Waals surface area contributed by atoms with Crippen molar-refractivity contribution in [2.45, 2.75) is 4.83 Å². The zero-order valence-electron chi connectivity index (χ0n) is 7.58. The highest BCUT2D eigenvalue weighted by Gasteiger charge is 2.12. The zero-order valence-corrected chi connectivity index (χ0v) is 13.2. The number of hydrogen-bond donors (Lipinski definition) is 0. The number of hydrogen-bond acceptors (Lipinski definition) is 1. The predicted molar refractivity (Wildman–Crippen MR) is 76.9 cm³/mol. The van der Waals surface area contributed by atoms with Gasteiger partial charge in [0.25, 0.3) is 0 Å². The minimum absolute atomic E-state index is 0.270. The van der Waals surface area contributed by atoms with E-state index in [-0.39, 0.29) is 4.83 Å². The third kappa shape index (κ3) is 2.93. The maximum Gasteiger partial charge on any atom is 0.0738 e. The summed E-state index contributed by atoms with van der Waals surface area (Å²) >= 11 is 12.5. The largest absolute Gasteiger partial charge is 0.147 e. The molecule has 1 aromatic carbocycles. The van der Waals surface area contributed by atoms with Gasteiger partial charge in [0.1, 0.15) is 0 Å². The van der Waals surface area contributed by atoms with Gasteiger partial charge in [0.15, 0.2) is 0 Å². The summed E-state index contributed by atoms with van der Waals surface area (Å²) in [5.74, 6) is 0. The Morgan fingerprint density at radius 2 is 1.73 bits per heavy atom. The van der Waals surface area contributed by atoms with Gasteiger partial charge in [0, 0.05) is 13.8 Å². The molecule has 0 aliphatic heterocycles. The van der Waals surface area contributed by atoms with E-state index in [0.717, 1.165) is 8.95 Å². The van der Waals surface area contributed by atoms with E-state index < -0.39 is 0 Å². The van der Waals surface area contributed by atoms with Crippen molar-refractivity contribution in [1.29, 1.82) is 0 Å². The topological polar surface area (TPSA) is 0 Å².